The van der Waals surface area contributed by atoms with Gasteiger partial charge in [0.05, 0.1) is 18.3 Å². The maximum atomic E-state index is 12.7. The van der Waals surface area contributed by atoms with Crippen LogP contribution in [0, 0.1) is 0 Å². The number of β-amino-alcohol motifs (C(OH)–C–C–N with tert-alkyl or cyclic N) is 1. The molecule has 3 N–H and O–H groups in total. The molecule has 0 amide bonds. The van der Waals surface area contributed by atoms with Gasteiger partial charge in [0.2, 0.25) is 0 Å². The molecule has 1 aliphatic heterocycles. The molecule has 2 atom stereocenters. The largest absolute Gasteiger partial charge is 0.390 e. The first kappa shape index (κ1) is 17.1. The van der Waals surface area contributed by atoms with Crippen LogP contribution < -0.4 is 5.73 Å². The van der Waals surface area contributed by atoms with Gasteiger partial charge in [-0.05, 0) is 34.1 Å². The van der Waals surface area contributed by atoms with Crippen LogP contribution in [-0.4, -0.2) is 53.7 Å². The molecule has 0 saturated carbocycles. The Hall–Kier alpha value is 0.0300. The fourth-order valence-corrected chi connectivity index (χ4v) is 4.34. The maximum Gasteiger partial charge on any atom is 0.345 e. The molecule has 1 saturated heterocycles. The second kappa shape index (κ2) is 7.16. The van der Waals surface area contributed by atoms with Gasteiger partial charge in [-0.2, -0.15) is 0 Å². The first-order chi connectivity index (χ1) is 8.72. The summed E-state index contributed by atoms with van der Waals surface area (Å²) in [5, 5.41) is 9.77. The highest BCUT2D eigenvalue weighted by molar-refractivity contribution is 7.53. The van der Waals surface area contributed by atoms with E-state index >= 15 is 0 Å². The fraction of sp³-hybridized carbons (Fsp3) is 1.00. The minimum Gasteiger partial charge on any atom is -0.390 e. The molecule has 1 aliphatic rings. The quantitative estimate of drug-likeness (QED) is 0.720. The van der Waals surface area contributed by atoms with Crippen LogP contribution in [0.1, 0.15) is 34.1 Å². The zero-order chi connectivity index (χ0) is 14.6. The van der Waals surface area contributed by atoms with Gasteiger partial charge in [-0.15, -0.1) is 0 Å². The molecule has 0 radical (unpaired) electrons. The number of piperidine rings is 1. The van der Waals surface area contributed by atoms with Crippen LogP contribution in [0.2, 0.25) is 0 Å². The molecule has 0 aromatic heterocycles. The number of aliphatic hydroxyl groups is 1. The van der Waals surface area contributed by atoms with Crippen LogP contribution in [0.4, 0.5) is 0 Å². The van der Waals surface area contributed by atoms with E-state index in [-0.39, 0.29) is 24.5 Å². The average molecular weight is 294 g/mol. The van der Waals surface area contributed by atoms with Gasteiger partial charge in [0.1, 0.15) is 6.29 Å². The SMILES string of the molecule is CC(C)OP(=O)(CN1CC[C@@H](N)[C@H](O)C1)OC(C)C. The third kappa shape index (κ3) is 5.90. The molecule has 0 aromatic rings. The third-order valence-electron chi connectivity index (χ3n) is 2.83. The van der Waals surface area contributed by atoms with E-state index in [4.69, 9.17) is 14.8 Å². The van der Waals surface area contributed by atoms with Crippen molar-refractivity contribution in [2.75, 3.05) is 19.4 Å². The predicted molar refractivity (Wildman–Crippen MR) is 75.1 cm³/mol. The molecule has 1 fully saturated rings. The number of likely N-dealkylation sites (tertiary alicyclic amines) is 1. The van der Waals surface area contributed by atoms with Crippen molar-refractivity contribution in [2.24, 2.45) is 5.73 Å². The lowest BCUT2D eigenvalue weighted by Crippen LogP contribution is -2.50. The standard InChI is InChI=1S/C12H27N2O4P/c1-9(2)17-19(16,18-10(3)4)8-14-6-5-11(13)12(15)7-14/h9-12,15H,5-8,13H2,1-4H3/t11-,12-/m1/s1. The predicted octanol–water partition coefficient (Wildman–Crippen LogP) is 1.38. The van der Waals surface area contributed by atoms with Crippen LogP contribution in [0.25, 0.3) is 0 Å². The zero-order valence-corrected chi connectivity index (χ0v) is 13.2. The lowest BCUT2D eigenvalue weighted by atomic mass is 10.0. The van der Waals surface area contributed by atoms with Crippen molar-refractivity contribution in [1.82, 2.24) is 4.90 Å². The van der Waals surface area contributed by atoms with Gasteiger partial charge in [0.15, 0.2) is 0 Å². The van der Waals surface area contributed by atoms with E-state index in [0.717, 1.165) is 0 Å². The number of nitrogens with two attached hydrogens (primary N) is 1. The van der Waals surface area contributed by atoms with E-state index in [9.17, 15) is 9.67 Å². The Labute approximate surface area is 115 Å². The monoisotopic (exact) mass is 294 g/mol. The van der Waals surface area contributed by atoms with Crippen molar-refractivity contribution in [1.29, 1.82) is 0 Å². The highest BCUT2D eigenvalue weighted by Crippen LogP contribution is 2.51. The third-order valence-corrected chi connectivity index (χ3v) is 5.07. The summed E-state index contributed by atoms with van der Waals surface area (Å²) in [4.78, 5) is 1.90. The van der Waals surface area contributed by atoms with Gasteiger partial charge in [0, 0.05) is 19.1 Å². The molecule has 19 heavy (non-hydrogen) atoms. The lowest BCUT2D eigenvalue weighted by Gasteiger charge is -2.36. The fourth-order valence-electron chi connectivity index (χ4n) is 2.12. The molecule has 0 aromatic carbocycles. The maximum absolute atomic E-state index is 12.7. The molecule has 0 spiro atoms. The summed E-state index contributed by atoms with van der Waals surface area (Å²) >= 11 is 0. The molecule has 114 valence electrons. The molecule has 0 aliphatic carbocycles. The van der Waals surface area contributed by atoms with Gasteiger partial charge in [0.25, 0.3) is 0 Å². The summed E-state index contributed by atoms with van der Waals surface area (Å²) < 4.78 is 23.7. The smallest absolute Gasteiger partial charge is 0.345 e. The Morgan fingerprint density at radius 3 is 2.26 bits per heavy atom. The summed E-state index contributed by atoms with van der Waals surface area (Å²) in [6, 6.07) is -0.201. The Morgan fingerprint density at radius 1 is 1.32 bits per heavy atom. The Balaban J connectivity index is 2.64. The second-order valence-electron chi connectivity index (χ2n) is 5.66. The van der Waals surface area contributed by atoms with Crippen molar-refractivity contribution < 1.29 is 18.7 Å². The molecule has 1 rings (SSSR count). The number of nitrogens with zero attached hydrogens (tertiary/aromatic N) is 1. The Kier molecular flexibility index (Phi) is 6.43. The van der Waals surface area contributed by atoms with Gasteiger partial charge < -0.3 is 19.9 Å². The molecular formula is C12H27N2O4P. The summed E-state index contributed by atoms with van der Waals surface area (Å²) in [6.07, 6.45) is -0.0269. The van der Waals surface area contributed by atoms with Crippen LogP contribution in [0.15, 0.2) is 0 Å². The molecular weight excluding hydrogens is 267 g/mol. The van der Waals surface area contributed by atoms with Crippen molar-refractivity contribution in [3.63, 3.8) is 0 Å². The zero-order valence-electron chi connectivity index (χ0n) is 12.3. The van der Waals surface area contributed by atoms with Gasteiger partial charge in [-0.3, -0.25) is 9.46 Å². The van der Waals surface area contributed by atoms with Crippen LogP contribution in [0.3, 0.4) is 0 Å². The number of hydrogen-bond donors (Lipinski definition) is 2. The highest BCUT2D eigenvalue weighted by atomic mass is 31.2. The van der Waals surface area contributed by atoms with Crippen molar-refractivity contribution >= 4 is 7.60 Å². The highest BCUT2D eigenvalue weighted by Gasteiger charge is 2.34. The summed E-state index contributed by atoms with van der Waals surface area (Å²) in [5.74, 6) is 0. The first-order valence-electron chi connectivity index (χ1n) is 6.83. The van der Waals surface area contributed by atoms with Gasteiger partial charge in [-0.1, -0.05) is 0 Å². The van der Waals surface area contributed by atoms with Crippen LogP contribution >= 0.6 is 7.60 Å². The van der Waals surface area contributed by atoms with Crippen molar-refractivity contribution in [3.8, 4) is 0 Å². The van der Waals surface area contributed by atoms with Gasteiger partial charge >= 0.3 is 7.60 Å². The first-order valence-corrected chi connectivity index (χ1v) is 8.56. The van der Waals surface area contributed by atoms with E-state index in [1.807, 2.05) is 32.6 Å². The van der Waals surface area contributed by atoms with E-state index in [0.29, 0.717) is 19.5 Å². The number of aliphatic hydroxyl groups excluding tert-OH is 1. The van der Waals surface area contributed by atoms with Crippen LogP contribution in [-0.2, 0) is 13.6 Å². The van der Waals surface area contributed by atoms with Crippen molar-refractivity contribution in [2.45, 2.75) is 58.5 Å². The van der Waals surface area contributed by atoms with E-state index in [1.54, 1.807) is 0 Å². The lowest BCUT2D eigenvalue weighted by molar-refractivity contribution is 0.0540. The summed E-state index contributed by atoms with van der Waals surface area (Å²) in [5.41, 5.74) is 5.76. The van der Waals surface area contributed by atoms with E-state index < -0.39 is 13.7 Å². The molecule has 1 heterocycles. The molecule has 0 bridgehead atoms. The minimum absolute atomic E-state index is 0.165. The summed E-state index contributed by atoms with van der Waals surface area (Å²) in [6.45, 7) is 8.43. The average Bonchev–Trinajstić information content (AvgIpc) is 2.20. The van der Waals surface area contributed by atoms with Crippen LogP contribution in [0.5, 0.6) is 0 Å². The second-order valence-corrected chi connectivity index (χ2v) is 7.58. The normalized spacial score (nSPS) is 26.3. The molecule has 6 nitrogen and oxygen atoms in total. The molecule has 0 unspecified atom stereocenters. The number of hydrogen-bond acceptors (Lipinski definition) is 6. The summed E-state index contributed by atoms with van der Waals surface area (Å²) in [7, 11) is -3.17. The molecule has 7 heteroatoms. The minimum atomic E-state index is -3.17. The Morgan fingerprint density at radius 2 is 1.84 bits per heavy atom. The van der Waals surface area contributed by atoms with E-state index in [2.05, 4.69) is 0 Å². The van der Waals surface area contributed by atoms with Crippen molar-refractivity contribution in [3.05, 3.63) is 0 Å². The van der Waals surface area contributed by atoms with E-state index in [1.165, 1.54) is 0 Å². The topological polar surface area (TPSA) is 85.0 Å². The Bertz CT molecular complexity index is 311. The number of rotatable bonds is 6. The van der Waals surface area contributed by atoms with Gasteiger partial charge in [-0.25, -0.2) is 0 Å².